The zero-order valence-electron chi connectivity index (χ0n) is 49.4. The first-order valence-electron chi connectivity index (χ1n) is 27.5. The van der Waals surface area contributed by atoms with Crippen LogP contribution in [0, 0.1) is 0 Å². The molecule has 16 unspecified atom stereocenters. The van der Waals surface area contributed by atoms with E-state index < -0.39 is 253 Å². The molecule has 5 rings (SSSR count). The van der Waals surface area contributed by atoms with Crippen molar-refractivity contribution in [1.29, 1.82) is 0 Å². The van der Waals surface area contributed by atoms with E-state index >= 15 is 0 Å². The second-order valence-corrected chi connectivity index (χ2v) is 20.3. The highest BCUT2D eigenvalue weighted by molar-refractivity contribution is 5.70. The Morgan fingerprint density at radius 1 is 0.307 bits per heavy atom. The van der Waals surface area contributed by atoms with Crippen molar-refractivity contribution in [2.75, 3.05) is 46.2 Å². The fourth-order valence-electron chi connectivity index (χ4n) is 10.3. The van der Waals surface area contributed by atoms with Crippen molar-refractivity contribution in [2.45, 2.75) is 223 Å². The molecule has 6 N–H and O–H groups in total. The highest BCUT2D eigenvalue weighted by atomic mass is 16.8. The van der Waals surface area contributed by atoms with Crippen LogP contribution in [0.25, 0.3) is 0 Å². The van der Waals surface area contributed by atoms with Crippen LogP contribution in [0.1, 0.15) is 75.7 Å². The molecular formula is C52H76O36. The van der Waals surface area contributed by atoms with Crippen LogP contribution in [-0.2, 0) is 143 Å². The molecule has 0 radical (unpaired) electrons. The van der Waals surface area contributed by atoms with E-state index in [0.29, 0.717) is 0 Å². The van der Waals surface area contributed by atoms with E-state index in [2.05, 4.69) is 0 Å². The van der Waals surface area contributed by atoms with Gasteiger partial charge in [0.2, 0.25) is 0 Å². The molecule has 500 valence electrons. The van der Waals surface area contributed by atoms with Gasteiger partial charge in [0, 0.05) is 75.7 Å². The fraction of sp³-hybridized carbons (Fsp3) is 0.808. The molecule has 5 aliphatic heterocycles. The third kappa shape index (κ3) is 19.8. The maximum absolute atomic E-state index is 13.1. The number of esters is 10. The highest BCUT2D eigenvalue weighted by Crippen LogP contribution is 2.39. The van der Waals surface area contributed by atoms with Gasteiger partial charge in [0.15, 0.2) is 86.4 Å². The predicted octanol–water partition coefficient (Wildman–Crippen LogP) is -5.17. The van der Waals surface area contributed by atoms with Gasteiger partial charge in [-0.15, -0.1) is 0 Å². The zero-order valence-corrected chi connectivity index (χ0v) is 49.4. The topological polar surface area (TPSA) is 477 Å². The van der Waals surface area contributed by atoms with E-state index in [1.807, 2.05) is 0 Å². The van der Waals surface area contributed by atoms with Gasteiger partial charge in [-0.25, -0.2) is 0 Å². The monoisotopic (exact) mass is 1280 g/mol. The minimum absolute atomic E-state index is 0.214. The second kappa shape index (κ2) is 33.8. The number of carbonyl (C=O) groups excluding carboxylic acids is 10. The summed E-state index contributed by atoms with van der Waals surface area (Å²) in [5, 5.41) is 63.7. The molecule has 88 heavy (non-hydrogen) atoms. The van der Waals surface area contributed by atoms with Crippen molar-refractivity contribution in [3.63, 3.8) is 0 Å². The van der Waals surface area contributed by atoms with Crippen LogP contribution in [0.3, 0.4) is 0 Å². The van der Waals surface area contributed by atoms with Crippen LogP contribution < -0.4 is 0 Å². The standard InChI is InChI=1S/C52H76O36/c1-19(58)71-30-13-29(14-53)81-50(39(30)72-20(2)59)86-37-33(17-56)84-52(46(79-27(9)66)42(37)75-23(5)62)88-38-34(18-57)85-51(47(80-28(10)67)43(38)76-24(6)63)87-36-32(16-55)83-49(45(78-26(8)65)41(36)74-22(4)61)70-12-11-69-35-31(15-54)82-48(68)44(77-25(7)64)40(35)73-21(3)60/h29-57,68H,11-18H2,1-10H3/t29?,30-,31?,32?,33?,34?,35?,36+,37-,38-,39?,40-,41-,42-,43-,44?,45?,46?,47?,48?,49?,50?,51?,52?/m1/s1. The van der Waals surface area contributed by atoms with E-state index in [4.69, 9.17) is 94.7 Å². The number of hydrogen-bond acceptors (Lipinski definition) is 36. The van der Waals surface area contributed by atoms with Crippen molar-refractivity contribution in [3.05, 3.63) is 0 Å². The average Bonchev–Trinajstić information content (AvgIpc) is 0.835. The van der Waals surface area contributed by atoms with Crippen LogP contribution in [0.4, 0.5) is 0 Å². The van der Waals surface area contributed by atoms with Crippen LogP contribution in [0.15, 0.2) is 0 Å². The molecule has 36 heteroatoms. The van der Waals surface area contributed by atoms with Gasteiger partial charge in [-0.3, -0.25) is 47.9 Å². The van der Waals surface area contributed by atoms with E-state index in [0.717, 1.165) is 69.2 Å². The Kier molecular flexibility index (Phi) is 27.9. The summed E-state index contributed by atoms with van der Waals surface area (Å²) in [7, 11) is 0. The van der Waals surface area contributed by atoms with E-state index in [9.17, 15) is 78.6 Å². The van der Waals surface area contributed by atoms with Crippen LogP contribution >= 0.6 is 0 Å². The molecule has 0 amide bonds. The third-order valence-corrected chi connectivity index (χ3v) is 13.3. The number of rotatable bonds is 26. The van der Waals surface area contributed by atoms with Gasteiger partial charge in [-0.2, -0.15) is 0 Å². The largest absolute Gasteiger partial charge is 0.458 e. The summed E-state index contributed by atoms with van der Waals surface area (Å²) in [6, 6.07) is 0. The van der Waals surface area contributed by atoms with Gasteiger partial charge in [-0.1, -0.05) is 0 Å². The normalized spacial score (nSPS) is 36.5. The zero-order chi connectivity index (χ0) is 65.4. The molecule has 0 bridgehead atoms. The van der Waals surface area contributed by atoms with Crippen molar-refractivity contribution in [3.8, 4) is 0 Å². The van der Waals surface area contributed by atoms with Gasteiger partial charge < -0.3 is 125 Å². The van der Waals surface area contributed by atoms with Gasteiger partial charge >= 0.3 is 59.7 Å². The molecule has 24 atom stereocenters. The molecule has 5 aliphatic rings. The molecule has 5 fully saturated rings. The Hall–Kier alpha value is -5.94. The second-order valence-electron chi connectivity index (χ2n) is 20.3. The van der Waals surface area contributed by atoms with Gasteiger partial charge in [-0.05, 0) is 0 Å². The number of ether oxygens (including phenoxy) is 20. The maximum Gasteiger partial charge on any atom is 0.303 e. The Balaban J connectivity index is 1.49. The quantitative estimate of drug-likeness (QED) is 0.0268. The lowest BCUT2D eigenvalue weighted by molar-refractivity contribution is -0.387. The van der Waals surface area contributed by atoms with E-state index in [-0.39, 0.29) is 6.42 Å². The fourth-order valence-corrected chi connectivity index (χ4v) is 10.3. The molecule has 0 spiro atoms. The minimum Gasteiger partial charge on any atom is -0.458 e. The summed E-state index contributed by atoms with van der Waals surface area (Å²) in [6.07, 6.45) is -42.6. The van der Waals surface area contributed by atoms with Crippen LogP contribution in [0.2, 0.25) is 0 Å². The number of hydrogen-bond donors (Lipinski definition) is 6. The first-order valence-corrected chi connectivity index (χ1v) is 27.5. The van der Waals surface area contributed by atoms with Crippen molar-refractivity contribution >= 4 is 59.7 Å². The van der Waals surface area contributed by atoms with Gasteiger partial charge in [0.05, 0.1) is 52.4 Å². The first-order chi connectivity index (χ1) is 41.5. The Morgan fingerprint density at radius 3 is 0.943 bits per heavy atom. The molecule has 0 aliphatic carbocycles. The molecule has 36 nitrogen and oxygen atoms in total. The molecule has 0 aromatic heterocycles. The lowest BCUT2D eigenvalue weighted by Crippen LogP contribution is -2.69. The molecular weight excluding hydrogens is 1200 g/mol. The summed E-state index contributed by atoms with van der Waals surface area (Å²) in [5.74, 6) is -10.0. The minimum atomic E-state index is -2.11. The third-order valence-electron chi connectivity index (χ3n) is 13.3. The first kappa shape index (κ1) is 72.8. The van der Waals surface area contributed by atoms with Crippen molar-refractivity contribution in [1.82, 2.24) is 0 Å². The number of aliphatic hydroxyl groups is 6. The Morgan fingerprint density at radius 2 is 0.591 bits per heavy atom. The molecule has 5 heterocycles. The molecule has 0 aromatic rings. The van der Waals surface area contributed by atoms with E-state index in [1.54, 1.807) is 0 Å². The van der Waals surface area contributed by atoms with Crippen molar-refractivity contribution < 1.29 is 173 Å². The number of aliphatic hydroxyl groups excluding tert-OH is 6. The summed E-state index contributed by atoms with van der Waals surface area (Å²) in [5.41, 5.74) is 0. The summed E-state index contributed by atoms with van der Waals surface area (Å²) in [6.45, 7) is 3.84. The summed E-state index contributed by atoms with van der Waals surface area (Å²) >= 11 is 0. The molecule has 0 saturated carbocycles. The Bertz CT molecular complexity index is 2390. The van der Waals surface area contributed by atoms with Crippen LogP contribution in [0.5, 0.6) is 0 Å². The maximum atomic E-state index is 13.1. The summed E-state index contributed by atoms with van der Waals surface area (Å²) < 4.78 is 115. The molecule has 0 aromatic carbocycles. The van der Waals surface area contributed by atoms with Gasteiger partial charge in [0.25, 0.3) is 0 Å². The van der Waals surface area contributed by atoms with E-state index in [1.165, 1.54) is 0 Å². The van der Waals surface area contributed by atoms with Gasteiger partial charge in [0.1, 0.15) is 54.9 Å². The van der Waals surface area contributed by atoms with Crippen LogP contribution in [-0.4, -0.2) is 284 Å². The Labute approximate surface area is 501 Å². The molecule has 5 saturated heterocycles. The number of carbonyl (C=O) groups is 10. The summed E-state index contributed by atoms with van der Waals surface area (Å²) in [4.78, 5) is 126. The smallest absolute Gasteiger partial charge is 0.303 e. The lowest BCUT2D eigenvalue weighted by Gasteiger charge is -2.50. The predicted molar refractivity (Wildman–Crippen MR) is 271 cm³/mol. The lowest BCUT2D eigenvalue weighted by atomic mass is 9.95. The highest BCUT2D eigenvalue weighted by Gasteiger charge is 2.60. The SMILES string of the molecule is CC(=O)OC1C(O)OC(CO)C(OCCOC2OC(CO)[C@H](OC3OC(CO)[C@@H](OC4OC(CO)[C@@H](OC5OC(CO)C[C@@H](OC(C)=O)C5OC(C)=O)[C@@H](OC(C)=O)C4OC(C)=O)[C@@H](OC(C)=O)C3OC(C)=O)[C@@H](OC(C)=O)C2OC(C)=O)[C@H]1OC(C)=O. The van der Waals surface area contributed by atoms with Crippen molar-refractivity contribution in [2.24, 2.45) is 0 Å². The average molecular weight is 1280 g/mol.